The Kier molecular flexibility index (Phi) is 5.31. The molecule has 0 aliphatic carbocycles. The van der Waals surface area contributed by atoms with Gasteiger partial charge in [-0.3, -0.25) is 0 Å². The van der Waals surface area contributed by atoms with Crippen LogP contribution in [0.5, 0.6) is 0 Å². The summed E-state index contributed by atoms with van der Waals surface area (Å²) in [5, 5.41) is 3.43. The molecule has 2 aromatic carbocycles. The average Bonchev–Trinajstić information content (AvgIpc) is 2.46. The number of anilines is 1. The van der Waals surface area contributed by atoms with Gasteiger partial charge in [0.1, 0.15) is 0 Å². The molecule has 0 radical (unpaired) electrons. The number of methoxy groups -OCH3 is 1. The molecule has 0 aliphatic rings. The van der Waals surface area contributed by atoms with Crippen LogP contribution in [0.3, 0.4) is 0 Å². The molecule has 2 aromatic rings. The van der Waals surface area contributed by atoms with E-state index in [0.29, 0.717) is 6.61 Å². The van der Waals surface area contributed by atoms with E-state index in [1.54, 1.807) is 18.9 Å². The monoisotopic (exact) mass is 273 g/mol. The van der Waals surface area contributed by atoms with Crippen molar-refractivity contribution in [2.24, 2.45) is 0 Å². The molecule has 100 valence electrons. The Hall–Kier alpha value is -1.45. The summed E-state index contributed by atoms with van der Waals surface area (Å²) < 4.78 is 5.14. The lowest BCUT2D eigenvalue weighted by molar-refractivity contribution is 0.185. The van der Waals surface area contributed by atoms with Crippen molar-refractivity contribution in [3.05, 3.63) is 59.7 Å². The van der Waals surface area contributed by atoms with E-state index in [9.17, 15) is 0 Å². The zero-order chi connectivity index (χ0) is 13.5. The van der Waals surface area contributed by atoms with Crippen molar-refractivity contribution in [1.29, 1.82) is 0 Å². The van der Waals surface area contributed by atoms with E-state index < -0.39 is 0 Å². The van der Waals surface area contributed by atoms with Crippen molar-refractivity contribution in [2.75, 3.05) is 18.7 Å². The first-order valence-corrected chi connectivity index (χ1v) is 7.49. The largest absolute Gasteiger partial charge is 0.381 e. The predicted octanol–water partition coefficient (Wildman–Crippen LogP) is 4.17. The minimum atomic E-state index is 0.651. The molecule has 0 saturated carbocycles. The van der Waals surface area contributed by atoms with Crippen LogP contribution < -0.4 is 5.32 Å². The van der Waals surface area contributed by atoms with Crippen molar-refractivity contribution in [2.45, 2.75) is 18.0 Å². The second-order valence-corrected chi connectivity index (χ2v) is 5.21. The van der Waals surface area contributed by atoms with Gasteiger partial charge >= 0.3 is 0 Å². The third-order valence-electron chi connectivity index (χ3n) is 2.89. The van der Waals surface area contributed by atoms with Gasteiger partial charge in [0.2, 0.25) is 0 Å². The van der Waals surface area contributed by atoms with Crippen molar-refractivity contribution in [3.63, 3.8) is 0 Å². The summed E-state index contributed by atoms with van der Waals surface area (Å²) in [5.41, 5.74) is 3.60. The minimum absolute atomic E-state index is 0.651. The van der Waals surface area contributed by atoms with Crippen LogP contribution in [0.2, 0.25) is 0 Å². The summed E-state index contributed by atoms with van der Waals surface area (Å²) >= 11 is 1.77. The summed E-state index contributed by atoms with van der Waals surface area (Å²) in [4.78, 5) is 1.30. The molecule has 0 atom stereocenters. The highest BCUT2D eigenvalue weighted by molar-refractivity contribution is 7.98. The second-order valence-electron chi connectivity index (χ2n) is 4.34. The van der Waals surface area contributed by atoms with Crippen molar-refractivity contribution < 1.29 is 4.74 Å². The highest BCUT2D eigenvalue weighted by Gasteiger charge is 1.97. The highest BCUT2D eigenvalue weighted by Crippen LogP contribution is 2.16. The summed E-state index contributed by atoms with van der Waals surface area (Å²) in [5.74, 6) is 0. The molecule has 0 aromatic heterocycles. The van der Waals surface area contributed by atoms with Crippen LogP contribution in [0.1, 0.15) is 11.1 Å². The van der Waals surface area contributed by atoms with Gasteiger partial charge in [-0.25, -0.2) is 0 Å². The van der Waals surface area contributed by atoms with Crippen LogP contribution in [0.4, 0.5) is 5.69 Å². The second kappa shape index (κ2) is 7.22. The first kappa shape index (κ1) is 14.0. The van der Waals surface area contributed by atoms with Crippen LogP contribution in [0.15, 0.2) is 53.4 Å². The van der Waals surface area contributed by atoms with Gasteiger partial charge < -0.3 is 10.1 Å². The Bertz CT molecular complexity index is 510. The Morgan fingerprint density at radius 1 is 1.05 bits per heavy atom. The first-order chi connectivity index (χ1) is 9.31. The van der Waals surface area contributed by atoms with E-state index in [2.05, 4.69) is 54.0 Å². The number of ether oxygens (including phenoxy) is 1. The lowest BCUT2D eigenvalue weighted by Crippen LogP contribution is -2.00. The molecule has 3 heteroatoms. The number of benzene rings is 2. The molecule has 19 heavy (non-hydrogen) atoms. The quantitative estimate of drug-likeness (QED) is 0.798. The van der Waals surface area contributed by atoms with Crippen LogP contribution in [0.25, 0.3) is 0 Å². The van der Waals surface area contributed by atoms with Gasteiger partial charge in [-0.05, 0) is 41.6 Å². The molecular formula is C16H19NOS. The fraction of sp³-hybridized carbons (Fsp3) is 0.250. The molecule has 1 N–H and O–H groups in total. The summed E-state index contributed by atoms with van der Waals surface area (Å²) in [6.45, 7) is 1.49. The Morgan fingerprint density at radius 3 is 2.53 bits per heavy atom. The molecule has 0 heterocycles. The molecule has 0 aliphatic heterocycles. The van der Waals surface area contributed by atoms with Gasteiger partial charge in [0.15, 0.2) is 0 Å². The maximum Gasteiger partial charge on any atom is 0.0713 e. The van der Waals surface area contributed by atoms with Crippen LogP contribution in [0, 0.1) is 0 Å². The normalized spacial score (nSPS) is 10.4. The van der Waals surface area contributed by atoms with Crippen LogP contribution in [-0.2, 0) is 17.9 Å². The Morgan fingerprint density at radius 2 is 1.84 bits per heavy atom. The molecule has 0 amide bonds. The molecule has 0 unspecified atom stereocenters. The topological polar surface area (TPSA) is 21.3 Å². The van der Waals surface area contributed by atoms with Crippen LogP contribution in [-0.4, -0.2) is 13.4 Å². The predicted molar refractivity (Wildman–Crippen MR) is 82.7 cm³/mol. The molecule has 0 saturated heterocycles. The number of rotatable bonds is 6. The molecule has 0 fully saturated rings. The SMILES string of the molecule is COCc1cccc(NCc2ccc(SC)cc2)c1. The maximum atomic E-state index is 5.14. The van der Waals surface area contributed by atoms with Gasteiger partial charge in [0.05, 0.1) is 6.61 Å². The fourth-order valence-electron chi connectivity index (χ4n) is 1.89. The smallest absolute Gasteiger partial charge is 0.0713 e. The van der Waals surface area contributed by atoms with E-state index in [0.717, 1.165) is 12.2 Å². The van der Waals surface area contributed by atoms with Gasteiger partial charge in [0.25, 0.3) is 0 Å². The molecule has 0 spiro atoms. The lowest BCUT2D eigenvalue weighted by Gasteiger charge is -2.08. The number of thioether (sulfide) groups is 1. The van der Waals surface area contributed by atoms with E-state index >= 15 is 0 Å². The third-order valence-corrected chi connectivity index (χ3v) is 3.64. The standard InChI is InChI=1S/C16H19NOS/c1-18-12-14-4-3-5-15(10-14)17-11-13-6-8-16(19-2)9-7-13/h3-10,17H,11-12H2,1-2H3. The lowest BCUT2D eigenvalue weighted by atomic mass is 10.2. The van der Waals surface area contributed by atoms with Crippen molar-refractivity contribution in [3.8, 4) is 0 Å². The summed E-state index contributed by atoms with van der Waals surface area (Å²) in [6.07, 6.45) is 2.09. The molecular weight excluding hydrogens is 254 g/mol. The Labute approximate surface area is 119 Å². The summed E-state index contributed by atoms with van der Waals surface area (Å²) in [6, 6.07) is 17.0. The zero-order valence-corrected chi connectivity index (χ0v) is 12.2. The highest BCUT2D eigenvalue weighted by atomic mass is 32.2. The molecule has 2 nitrogen and oxygen atoms in total. The van der Waals surface area contributed by atoms with E-state index in [-0.39, 0.29) is 0 Å². The van der Waals surface area contributed by atoms with Crippen molar-refractivity contribution in [1.82, 2.24) is 0 Å². The van der Waals surface area contributed by atoms with Gasteiger partial charge in [-0.1, -0.05) is 24.3 Å². The number of nitrogens with one attached hydrogen (secondary N) is 1. The fourth-order valence-corrected chi connectivity index (χ4v) is 2.29. The van der Waals surface area contributed by atoms with Crippen molar-refractivity contribution >= 4 is 17.4 Å². The third kappa shape index (κ3) is 4.30. The van der Waals surface area contributed by atoms with E-state index in [1.807, 2.05) is 6.07 Å². The van der Waals surface area contributed by atoms with E-state index in [4.69, 9.17) is 4.74 Å². The van der Waals surface area contributed by atoms with Gasteiger partial charge in [-0.2, -0.15) is 0 Å². The molecule has 2 rings (SSSR count). The minimum Gasteiger partial charge on any atom is -0.381 e. The average molecular weight is 273 g/mol. The van der Waals surface area contributed by atoms with Gasteiger partial charge in [0, 0.05) is 24.2 Å². The van der Waals surface area contributed by atoms with Gasteiger partial charge in [-0.15, -0.1) is 11.8 Å². The Balaban J connectivity index is 1.95. The number of hydrogen-bond donors (Lipinski definition) is 1. The summed E-state index contributed by atoms with van der Waals surface area (Å²) in [7, 11) is 1.72. The van der Waals surface area contributed by atoms with Crippen LogP contribution >= 0.6 is 11.8 Å². The zero-order valence-electron chi connectivity index (χ0n) is 11.3. The first-order valence-electron chi connectivity index (χ1n) is 6.26. The molecule has 0 bridgehead atoms. The number of hydrogen-bond acceptors (Lipinski definition) is 3. The van der Waals surface area contributed by atoms with E-state index in [1.165, 1.54) is 16.0 Å². The maximum absolute atomic E-state index is 5.14.